The monoisotopic (exact) mass is 479 g/mol. The first-order valence-corrected chi connectivity index (χ1v) is 13.2. The number of carbonyl (C=O) groups is 1. The molecule has 2 saturated carbocycles. The molecule has 3 atom stereocenters. The first-order valence-electron chi connectivity index (χ1n) is 11.6. The number of carbonyl (C=O) groups excluding carboxylic acids is 1. The van der Waals surface area contributed by atoms with Crippen molar-refractivity contribution in [3.05, 3.63) is 35.9 Å². The zero-order valence-electron chi connectivity index (χ0n) is 20.3. The van der Waals surface area contributed by atoms with Crippen LogP contribution in [0.3, 0.4) is 0 Å². The largest absolute Gasteiger partial charge is 0.351 e. The maximum Gasteiger partial charge on any atom is 0.265 e. The fourth-order valence-corrected chi connectivity index (χ4v) is 7.26. The summed E-state index contributed by atoms with van der Waals surface area (Å²) in [6.45, 7) is 6.04. The smallest absolute Gasteiger partial charge is 0.265 e. The molecular weight excluding hydrogens is 442 g/mol. The highest BCUT2D eigenvalue weighted by atomic mass is 32.2. The summed E-state index contributed by atoms with van der Waals surface area (Å²) in [6, 6.07) is 10.2. The minimum Gasteiger partial charge on any atom is -0.351 e. The van der Waals surface area contributed by atoms with Crippen LogP contribution in [0.2, 0.25) is 0 Å². The number of hydrogen-bond acceptors (Lipinski definition) is 6. The number of hydrogen-bond donors (Lipinski definition) is 1. The van der Waals surface area contributed by atoms with Crippen LogP contribution < -0.4 is 0 Å². The van der Waals surface area contributed by atoms with E-state index in [9.17, 15) is 13.2 Å². The highest BCUT2D eigenvalue weighted by Crippen LogP contribution is 2.64. The summed E-state index contributed by atoms with van der Waals surface area (Å²) in [5.41, 5.74) is 1.27. The van der Waals surface area contributed by atoms with Crippen LogP contribution in [0.5, 0.6) is 0 Å². The third-order valence-electron chi connectivity index (χ3n) is 8.27. The molecule has 1 heterocycles. The number of ether oxygens (including phenoxy) is 2. The Morgan fingerprint density at radius 2 is 1.76 bits per heavy atom. The highest BCUT2D eigenvalue weighted by molar-refractivity contribution is 7.85. The molecule has 184 valence electrons. The molecular formula is C25H37NO6S. The van der Waals surface area contributed by atoms with Gasteiger partial charge >= 0.3 is 0 Å². The SMILES string of the molecule is CC1(C)[C@H]2CC[C@]1(CS(=O)(=O)O)C(=O)C2.CCC1=NC(c2ccccc2)C(OC)(OC)CC1. The quantitative estimate of drug-likeness (QED) is 0.471. The lowest BCUT2D eigenvalue weighted by Gasteiger charge is -2.39. The fourth-order valence-electron chi connectivity index (χ4n) is 5.96. The Hall–Kier alpha value is -1.61. The number of ketones is 1. The van der Waals surface area contributed by atoms with E-state index in [0.29, 0.717) is 12.8 Å². The zero-order chi connectivity index (χ0) is 24.5. The van der Waals surface area contributed by atoms with Crippen molar-refractivity contribution in [1.29, 1.82) is 0 Å². The van der Waals surface area contributed by atoms with Crippen molar-refractivity contribution in [1.82, 2.24) is 0 Å². The summed E-state index contributed by atoms with van der Waals surface area (Å²) >= 11 is 0. The lowest BCUT2D eigenvalue weighted by atomic mass is 9.70. The van der Waals surface area contributed by atoms with E-state index in [0.717, 1.165) is 31.2 Å². The molecule has 33 heavy (non-hydrogen) atoms. The molecule has 7 nitrogen and oxygen atoms in total. The lowest BCUT2D eigenvalue weighted by Crippen LogP contribution is -2.43. The Labute approximate surface area is 197 Å². The molecule has 8 heteroatoms. The van der Waals surface area contributed by atoms with Crippen LogP contribution in [-0.2, 0) is 24.4 Å². The number of fused-ring (bicyclic) bond motifs is 2. The molecule has 0 radical (unpaired) electrons. The third-order valence-corrected chi connectivity index (χ3v) is 9.13. The molecule has 1 N–H and O–H groups in total. The van der Waals surface area contributed by atoms with E-state index in [2.05, 4.69) is 19.1 Å². The predicted octanol–water partition coefficient (Wildman–Crippen LogP) is 4.63. The summed E-state index contributed by atoms with van der Waals surface area (Å²) < 4.78 is 42.3. The molecule has 1 aromatic carbocycles. The van der Waals surface area contributed by atoms with Gasteiger partial charge in [0.1, 0.15) is 11.8 Å². The summed E-state index contributed by atoms with van der Waals surface area (Å²) in [5, 5.41) is 0. The number of aliphatic imine (C=N–C) groups is 1. The van der Waals surface area contributed by atoms with Crippen LogP contribution in [0.1, 0.15) is 70.9 Å². The minimum atomic E-state index is -4.08. The number of rotatable bonds is 6. The van der Waals surface area contributed by atoms with Gasteiger partial charge in [-0.1, -0.05) is 51.1 Å². The van der Waals surface area contributed by atoms with Gasteiger partial charge in [0.25, 0.3) is 10.1 Å². The third kappa shape index (κ3) is 4.81. The summed E-state index contributed by atoms with van der Waals surface area (Å²) in [6.07, 6.45) is 4.76. The van der Waals surface area contributed by atoms with Gasteiger partial charge in [-0.3, -0.25) is 14.3 Å². The second kappa shape index (κ2) is 9.56. The van der Waals surface area contributed by atoms with Gasteiger partial charge in [-0.15, -0.1) is 0 Å². The van der Waals surface area contributed by atoms with Crippen LogP contribution >= 0.6 is 0 Å². The Morgan fingerprint density at radius 1 is 1.12 bits per heavy atom. The van der Waals surface area contributed by atoms with Crippen molar-refractivity contribution in [2.24, 2.45) is 21.7 Å². The second-order valence-corrected chi connectivity index (χ2v) is 11.4. The maximum absolute atomic E-state index is 11.9. The molecule has 0 aromatic heterocycles. The summed E-state index contributed by atoms with van der Waals surface area (Å²) in [5.74, 6) is -0.726. The van der Waals surface area contributed by atoms with Crippen molar-refractivity contribution >= 4 is 21.6 Å². The van der Waals surface area contributed by atoms with Crippen LogP contribution in [-0.4, -0.2) is 50.2 Å². The fraction of sp³-hybridized carbons (Fsp3) is 0.680. The van der Waals surface area contributed by atoms with E-state index >= 15 is 0 Å². The molecule has 1 unspecified atom stereocenters. The van der Waals surface area contributed by atoms with Gasteiger partial charge in [0.15, 0.2) is 5.79 Å². The van der Waals surface area contributed by atoms with E-state index in [1.54, 1.807) is 14.2 Å². The van der Waals surface area contributed by atoms with Crippen molar-refractivity contribution in [3.63, 3.8) is 0 Å². The zero-order valence-corrected chi connectivity index (χ0v) is 21.2. The first-order chi connectivity index (χ1) is 15.4. The van der Waals surface area contributed by atoms with Gasteiger partial charge in [-0.25, -0.2) is 0 Å². The Kier molecular flexibility index (Phi) is 7.54. The van der Waals surface area contributed by atoms with E-state index in [1.165, 1.54) is 5.71 Å². The van der Waals surface area contributed by atoms with Crippen molar-refractivity contribution in [3.8, 4) is 0 Å². The molecule has 0 saturated heterocycles. The average Bonchev–Trinajstić information content (AvgIpc) is 3.13. The van der Waals surface area contributed by atoms with Crippen LogP contribution in [0.15, 0.2) is 35.3 Å². The summed E-state index contributed by atoms with van der Waals surface area (Å²) in [7, 11) is -0.676. The molecule has 3 aliphatic rings. The number of methoxy groups -OCH3 is 2. The van der Waals surface area contributed by atoms with Gasteiger partial charge in [0.05, 0.1) is 11.2 Å². The van der Waals surface area contributed by atoms with Crippen LogP contribution in [0.4, 0.5) is 0 Å². The number of nitrogens with zero attached hydrogens (tertiary/aromatic N) is 1. The molecule has 0 spiro atoms. The van der Waals surface area contributed by atoms with Crippen molar-refractivity contribution < 1.29 is 27.2 Å². The van der Waals surface area contributed by atoms with Crippen molar-refractivity contribution in [2.45, 2.75) is 71.1 Å². The molecule has 2 fully saturated rings. The summed E-state index contributed by atoms with van der Waals surface area (Å²) in [4.78, 5) is 16.7. The standard InChI is InChI=1S/C15H21NO2.C10H16O4S/c1-4-13-10-11-15(17-2,18-3)14(16-13)12-8-6-5-7-9-12;1-9(2)7-3-4-10(9,8(11)5-7)6-15(12,13)14/h5-9,14H,4,10-11H2,1-3H3;7H,3-6H2,1-2H3,(H,12,13,14)/t;7-,10-/m.0/s1. The number of Topliss-reactive ketones (excluding diaryl/α,β-unsaturated/α-hetero) is 1. The van der Waals surface area contributed by atoms with Crippen LogP contribution in [0, 0.1) is 16.7 Å². The van der Waals surface area contributed by atoms with Crippen molar-refractivity contribution in [2.75, 3.05) is 20.0 Å². The Balaban J connectivity index is 0.000000189. The van der Waals surface area contributed by atoms with E-state index in [4.69, 9.17) is 19.0 Å². The average molecular weight is 480 g/mol. The number of benzene rings is 1. The van der Waals surface area contributed by atoms with Crippen LogP contribution in [0.25, 0.3) is 0 Å². The maximum atomic E-state index is 11.9. The van der Waals surface area contributed by atoms with Gasteiger partial charge in [-0.05, 0) is 42.6 Å². The Bertz CT molecular complexity index is 983. The lowest BCUT2D eigenvalue weighted by molar-refractivity contribution is -0.226. The van der Waals surface area contributed by atoms with E-state index in [-0.39, 0.29) is 23.2 Å². The van der Waals surface area contributed by atoms with Gasteiger partial charge in [-0.2, -0.15) is 8.42 Å². The molecule has 1 aromatic rings. The normalized spacial score (nSPS) is 29.9. The van der Waals surface area contributed by atoms with E-state index in [1.807, 2.05) is 32.0 Å². The van der Waals surface area contributed by atoms with Gasteiger partial charge in [0, 0.05) is 32.8 Å². The highest BCUT2D eigenvalue weighted by Gasteiger charge is 2.65. The molecule has 2 bridgehead atoms. The Morgan fingerprint density at radius 3 is 2.21 bits per heavy atom. The second-order valence-electron chi connectivity index (χ2n) is 9.98. The molecule has 0 amide bonds. The van der Waals surface area contributed by atoms with Gasteiger partial charge in [0.2, 0.25) is 0 Å². The molecule has 4 rings (SSSR count). The van der Waals surface area contributed by atoms with E-state index < -0.39 is 27.1 Å². The van der Waals surface area contributed by atoms with Gasteiger partial charge < -0.3 is 9.47 Å². The minimum absolute atomic E-state index is 0.0152. The molecule has 1 aliphatic heterocycles. The predicted molar refractivity (Wildman–Crippen MR) is 128 cm³/mol. The topological polar surface area (TPSA) is 102 Å². The first kappa shape index (κ1) is 26.0. The molecule has 2 aliphatic carbocycles.